The minimum absolute atomic E-state index is 0.613. The van der Waals surface area contributed by atoms with Crippen LogP contribution in [0.2, 0.25) is 0 Å². The molecule has 80 valence electrons. The van der Waals surface area contributed by atoms with Crippen LogP contribution in [0.4, 0.5) is 0 Å². The van der Waals surface area contributed by atoms with Crippen LogP contribution in [0.25, 0.3) is 0 Å². The van der Waals surface area contributed by atoms with Crippen LogP contribution in [0.15, 0.2) is 24.3 Å². The summed E-state index contributed by atoms with van der Waals surface area (Å²) >= 11 is 15.1. The molecule has 0 radical (unpaired) electrons. The van der Waals surface area contributed by atoms with E-state index < -0.39 is 0 Å². The first kappa shape index (κ1) is 11.5. The molecular weight excluding hydrogens is 267 g/mol. The van der Waals surface area contributed by atoms with E-state index in [1.54, 1.807) is 22.7 Å². The van der Waals surface area contributed by atoms with E-state index in [0.29, 0.717) is 11.8 Å². The van der Waals surface area contributed by atoms with Crippen LogP contribution < -0.4 is 0 Å². The van der Waals surface area contributed by atoms with Crippen molar-refractivity contribution in [2.24, 2.45) is 0 Å². The van der Waals surface area contributed by atoms with Crippen molar-refractivity contribution in [3.05, 3.63) is 43.8 Å². The molecular formula is C11H10Cl2S2. The van der Waals surface area contributed by atoms with Gasteiger partial charge in [-0.05, 0) is 24.3 Å². The molecule has 0 aliphatic carbocycles. The number of alkyl halides is 2. The summed E-state index contributed by atoms with van der Waals surface area (Å²) in [5.41, 5.74) is 0. The molecule has 4 heteroatoms. The van der Waals surface area contributed by atoms with Gasteiger partial charge >= 0.3 is 0 Å². The molecule has 0 aliphatic rings. The highest BCUT2D eigenvalue weighted by atomic mass is 35.5. The zero-order valence-corrected chi connectivity index (χ0v) is 11.1. The number of hydrogen-bond donors (Lipinski definition) is 0. The van der Waals surface area contributed by atoms with Gasteiger partial charge in [0.25, 0.3) is 0 Å². The maximum absolute atomic E-state index is 5.77. The summed E-state index contributed by atoms with van der Waals surface area (Å²) in [6.45, 7) is 0. The molecule has 0 aliphatic heterocycles. The molecule has 0 aromatic carbocycles. The standard InChI is InChI=1S/C11H10Cl2S2/c12-6-10-3-1-8(14-10)5-9-2-4-11(7-13)15-9/h1-4H,5-7H2. The van der Waals surface area contributed by atoms with Gasteiger partial charge in [-0.3, -0.25) is 0 Å². The minimum atomic E-state index is 0.613. The Morgan fingerprint density at radius 1 is 0.733 bits per heavy atom. The van der Waals surface area contributed by atoms with Gasteiger partial charge < -0.3 is 0 Å². The number of hydrogen-bond acceptors (Lipinski definition) is 2. The normalized spacial score (nSPS) is 10.8. The minimum Gasteiger partial charge on any atom is -0.144 e. The van der Waals surface area contributed by atoms with Crippen LogP contribution in [-0.4, -0.2) is 0 Å². The highest BCUT2D eigenvalue weighted by molar-refractivity contribution is 7.13. The van der Waals surface area contributed by atoms with E-state index >= 15 is 0 Å². The lowest BCUT2D eigenvalue weighted by atomic mass is 10.3. The maximum atomic E-state index is 5.77. The summed E-state index contributed by atoms with van der Waals surface area (Å²) in [6, 6.07) is 8.51. The lowest BCUT2D eigenvalue weighted by molar-refractivity contribution is 1.31. The topological polar surface area (TPSA) is 0 Å². The molecule has 2 heterocycles. The summed E-state index contributed by atoms with van der Waals surface area (Å²) < 4.78 is 0. The molecule has 0 saturated heterocycles. The summed E-state index contributed by atoms with van der Waals surface area (Å²) in [5, 5.41) is 0. The van der Waals surface area contributed by atoms with Crippen molar-refractivity contribution in [1.29, 1.82) is 0 Å². The zero-order chi connectivity index (χ0) is 10.7. The largest absolute Gasteiger partial charge is 0.144 e. The van der Waals surface area contributed by atoms with Gasteiger partial charge in [0.05, 0.1) is 11.8 Å². The van der Waals surface area contributed by atoms with Crippen LogP contribution in [-0.2, 0) is 18.2 Å². The maximum Gasteiger partial charge on any atom is 0.0568 e. The molecule has 0 atom stereocenters. The molecule has 2 rings (SSSR count). The fraction of sp³-hybridized carbons (Fsp3) is 0.273. The average molecular weight is 277 g/mol. The van der Waals surface area contributed by atoms with Gasteiger partial charge in [-0.15, -0.1) is 45.9 Å². The number of rotatable bonds is 4. The highest BCUT2D eigenvalue weighted by Crippen LogP contribution is 2.25. The smallest absolute Gasteiger partial charge is 0.0568 e. The van der Waals surface area contributed by atoms with E-state index in [-0.39, 0.29) is 0 Å². The quantitative estimate of drug-likeness (QED) is 0.699. The predicted molar refractivity (Wildman–Crippen MR) is 70.6 cm³/mol. The van der Waals surface area contributed by atoms with Gasteiger partial charge in [-0.1, -0.05) is 0 Å². The summed E-state index contributed by atoms with van der Waals surface area (Å²) in [4.78, 5) is 5.21. The van der Waals surface area contributed by atoms with Crippen molar-refractivity contribution in [2.75, 3.05) is 0 Å². The monoisotopic (exact) mass is 276 g/mol. The first-order valence-electron chi connectivity index (χ1n) is 4.59. The van der Waals surface area contributed by atoms with E-state index in [0.717, 1.165) is 6.42 Å². The van der Waals surface area contributed by atoms with Crippen LogP contribution >= 0.6 is 45.9 Å². The summed E-state index contributed by atoms with van der Waals surface area (Å²) in [7, 11) is 0. The molecule has 0 fully saturated rings. The van der Waals surface area contributed by atoms with Crippen molar-refractivity contribution in [2.45, 2.75) is 18.2 Å². The third-order valence-corrected chi connectivity index (χ3v) is 5.11. The van der Waals surface area contributed by atoms with Crippen LogP contribution in [0.3, 0.4) is 0 Å². The Morgan fingerprint density at radius 2 is 1.13 bits per heavy atom. The van der Waals surface area contributed by atoms with Crippen molar-refractivity contribution >= 4 is 45.9 Å². The van der Waals surface area contributed by atoms with Crippen LogP contribution in [0.1, 0.15) is 19.5 Å². The molecule has 0 N–H and O–H groups in total. The Kier molecular flexibility index (Phi) is 4.09. The van der Waals surface area contributed by atoms with E-state index in [2.05, 4.69) is 24.3 Å². The molecule has 0 spiro atoms. The van der Waals surface area contributed by atoms with Crippen LogP contribution in [0, 0.1) is 0 Å². The molecule has 0 unspecified atom stereocenters. The SMILES string of the molecule is ClCc1ccc(Cc2ccc(CCl)s2)s1. The zero-order valence-electron chi connectivity index (χ0n) is 8.00. The van der Waals surface area contributed by atoms with Gasteiger partial charge in [-0.2, -0.15) is 0 Å². The first-order valence-corrected chi connectivity index (χ1v) is 7.29. The molecule has 0 saturated carbocycles. The first-order chi connectivity index (χ1) is 7.31. The molecule has 2 aromatic rings. The van der Waals surface area contributed by atoms with E-state index in [1.165, 1.54) is 19.5 Å². The van der Waals surface area contributed by atoms with Crippen molar-refractivity contribution < 1.29 is 0 Å². The second-order valence-electron chi connectivity index (χ2n) is 3.18. The van der Waals surface area contributed by atoms with Gasteiger partial charge in [0, 0.05) is 25.9 Å². The second-order valence-corrected chi connectivity index (χ2v) is 6.22. The van der Waals surface area contributed by atoms with Crippen molar-refractivity contribution in [3.8, 4) is 0 Å². The van der Waals surface area contributed by atoms with Gasteiger partial charge in [0.2, 0.25) is 0 Å². The summed E-state index contributed by atoms with van der Waals surface area (Å²) in [6.07, 6.45) is 1.00. The van der Waals surface area contributed by atoms with Crippen molar-refractivity contribution in [1.82, 2.24) is 0 Å². The Hall–Kier alpha value is -0.0200. The fourth-order valence-corrected chi connectivity index (χ4v) is 3.73. The lowest BCUT2D eigenvalue weighted by Crippen LogP contribution is -1.76. The fourth-order valence-electron chi connectivity index (χ4n) is 1.35. The molecule has 0 nitrogen and oxygen atoms in total. The third kappa shape index (κ3) is 2.97. The summed E-state index contributed by atoms with van der Waals surface area (Å²) in [5.74, 6) is 1.23. The molecule has 0 bridgehead atoms. The van der Waals surface area contributed by atoms with E-state index in [9.17, 15) is 0 Å². The molecule has 2 aromatic heterocycles. The third-order valence-electron chi connectivity index (χ3n) is 2.05. The second kappa shape index (κ2) is 5.35. The Labute approximate surface area is 107 Å². The van der Waals surface area contributed by atoms with Gasteiger partial charge in [0.1, 0.15) is 0 Å². The predicted octanol–water partition coefficient (Wildman–Crippen LogP) is 4.88. The number of halogens is 2. The lowest BCUT2D eigenvalue weighted by Gasteiger charge is -1.92. The van der Waals surface area contributed by atoms with E-state index in [1.807, 2.05) is 0 Å². The van der Waals surface area contributed by atoms with Gasteiger partial charge in [0.15, 0.2) is 0 Å². The van der Waals surface area contributed by atoms with Gasteiger partial charge in [-0.25, -0.2) is 0 Å². The van der Waals surface area contributed by atoms with E-state index in [4.69, 9.17) is 23.2 Å². The van der Waals surface area contributed by atoms with Crippen molar-refractivity contribution in [3.63, 3.8) is 0 Å². The molecule has 0 amide bonds. The number of thiophene rings is 2. The highest BCUT2D eigenvalue weighted by Gasteiger charge is 2.03. The Balaban J connectivity index is 2.07. The van der Waals surface area contributed by atoms with Crippen LogP contribution in [0.5, 0.6) is 0 Å². The Bertz CT molecular complexity index is 391. The molecule has 15 heavy (non-hydrogen) atoms. The average Bonchev–Trinajstić information content (AvgIpc) is 2.87. The Morgan fingerprint density at radius 3 is 1.47 bits per heavy atom.